The number of hydrogen-bond donors (Lipinski definition) is 1. The SMILES string of the molecule is OCc1cccc2ccn(CCC(F)(F)F)c12. The van der Waals surface area contributed by atoms with E-state index in [2.05, 4.69) is 0 Å². The maximum absolute atomic E-state index is 12.2. The second-order valence-corrected chi connectivity index (χ2v) is 3.89. The van der Waals surface area contributed by atoms with Gasteiger partial charge in [0.1, 0.15) is 0 Å². The second kappa shape index (κ2) is 4.41. The number of fused-ring (bicyclic) bond motifs is 1. The number of rotatable bonds is 3. The van der Waals surface area contributed by atoms with Crippen LogP contribution < -0.4 is 0 Å². The first-order chi connectivity index (χ1) is 8.01. The van der Waals surface area contributed by atoms with Gasteiger partial charge in [-0.05, 0) is 11.5 Å². The molecule has 1 aromatic carbocycles. The molecule has 0 fully saturated rings. The van der Waals surface area contributed by atoms with Gasteiger partial charge in [-0.15, -0.1) is 0 Å². The predicted octanol–water partition coefficient (Wildman–Crippen LogP) is 3.09. The van der Waals surface area contributed by atoms with E-state index in [4.69, 9.17) is 0 Å². The van der Waals surface area contributed by atoms with Crippen molar-refractivity contribution in [2.45, 2.75) is 25.7 Å². The fourth-order valence-corrected chi connectivity index (χ4v) is 1.90. The van der Waals surface area contributed by atoms with Gasteiger partial charge in [-0.1, -0.05) is 18.2 Å². The van der Waals surface area contributed by atoms with Gasteiger partial charge in [-0.3, -0.25) is 0 Å². The quantitative estimate of drug-likeness (QED) is 0.880. The average molecular weight is 243 g/mol. The summed E-state index contributed by atoms with van der Waals surface area (Å²) in [5, 5.41) is 10.0. The number of halogens is 3. The molecule has 2 rings (SSSR count). The Morgan fingerprint density at radius 2 is 1.94 bits per heavy atom. The van der Waals surface area contributed by atoms with Gasteiger partial charge in [0, 0.05) is 18.3 Å². The number of alkyl halides is 3. The van der Waals surface area contributed by atoms with Crippen LogP contribution in [-0.4, -0.2) is 15.8 Å². The molecule has 92 valence electrons. The maximum Gasteiger partial charge on any atom is 0.390 e. The minimum absolute atomic E-state index is 0.121. The molecular formula is C12H12F3NO. The van der Waals surface area contributed by atoms with Crippen molar-refractivity contribution in [3.05, 3.63) is 36.0 Å². The largest absolute Gasteiger partial charge is 0.392 e. The first-order valence-corrected chi connectivity index (χ1v) is 5.25. The molecule has 0 bridgehead atoms. The van der Waals surface area contributed by atoms with Crippen LogP contribution in [0.4, 0.5) is 13.2 Å². The number of aliphatic hydroxyl groups excluding tert-OH is 1. The number of aromatic nitrogens is 1. The lowest BCUT2D eigenvalue weighted by Crippen LogP contribution is -2.12. The van der Waals surface area contributed by atoms with Crippen LogP contribution in [0.1, 0.15) is 12.0 Å². The Kier molecular flexibility index (Phi) is 3.11. The molecular weight excluding hydrogens is 231 g/mol. The molecule has 0 saturated heterocycles. The molecule has 1 N–H and O–H groups in total. The number of hydrogen-bond acceptors (Lipinski definition) is 1. The molecule has 0 saturated carbocycles. The van der Waals surface area contributed by atoms with E-state index in [0.717, 1.165) is 5.39 Å². The van der Waals surface area contributed by atoms with Crippen LogP contribution >= 0.6 is 0 Å². The van der Waals surface area contributed by atoms with E-state index in [1.54, 1.807) is 24.4 Å². The molecule has 1 heterocycles. The smallest absolute Gasteiger partial charge is 0.390 e. The number of aryl methyl sites for hydroxylation is 1. The fourth-order valence-electron chi connectivity index (χ4n) is 1.90. The molecule has 0 aliphatic rings. The molecule has 0 aliphatic carbocycles. The van der Waals surface area contributed by atoms with E-state index in [9.17, 15) is 18.3 Å². The van der Waals surface area contributed by atoms with Gasteiger partial charge in [0.05, 0.1) is 18.5 Å². The first kappa shape index (κ1) is 12.0. The number of aliphatic hydroxyl groups is 1. The lowest BCUT2D eigenvalue weighted by atomic mass is 10.1. The van der Waals surface area contributed by atoms with E-state index in [0.29, 0.717) is 11.1 Å². The second-order valence-electron chi connectivity index (χ2n) is 3.89. The normalized spacial score (nSPS) is 12.2. The summed E-state index contributed by atoms with van der Waals surface area (Å²) in [6.45, 7) is -0.294. The van der Waals surface area contributed by atoms with Crippen LogP contribution in [0.2, 0.25) is 0 Å². The standard InChI is InChI=1S/C12H12F3NO/c13-12(14,15)5-7-16-6-4-9-2-1-3-10(8-17)11(9)16/h1-4,6,17H,5,7-8H2. The first-order valence-electron chi connectivity index (χ1n) is 5.25. The number of nitrogens with zero attached hydrogens (tertiary/aromatic N) is 1. The predicted molar refractivity (Wildman–Crippen MR) is 58.5 cm³/mol. The Bertz CT molecular complexity index is 516. The molecule has 0 radical (unpaired) electrons. The summed E-state index contributed by atoms with van der Waals surface area (Å²) in [6.07, 6.45) is -3.41. The van der Waals surface area contributed by atoms with Gasteiger partial charge < -0.3 is 9.67 Å². The number of benzene rings is 1. The lowest BCUT2D eigenvalue weighted by molar-refractivity contribution is -0.136. The highest BCUT2D eigenvalue weighted by molar-refractivity contribution is 5.83. The summed E-state index contributed by atoms with van der Waals surface area (Å²) < 4.78 is 38.0. The van der Waals surface area contributed by atoms with Crippen LogP contribution in [0.25, 0.3) is 10.9 Å². The van der Waals surface area contributed by atoms with Crippen molar-refractivity contribution < 1.29 is 18.3 Å². The summed E-state index contributed by atoms with van der Waals surface area (Å²) in [4.78, 5) is 0. The van der Waals surface area contributed by atoms with Crippen molar-refractivity contribution in [2.75, 3.05) is 0 Å². The monoisotopic (exact) mass is 243 g/mol. The Labute approximate surface area is 96.3 Å². The van der Waals surface area contributed by atoms with Crippen LogP contribution in [0.5, 0.6) is 0 Å². The summed E-state index contributed by atoms with van der Waals surface area (Å²) in [5.41, 5.74) is 1.33. The van der Waals surface area contributed by atoms with Crippen molar-refractivity contribution in [1.82, 2.24) is 4.57 Å². The van der Waals surface area contributed by atoms with Crippen molar-refractivity contribution >= 4 is 10.9 Å². The summed E-state index contributed by atoms with van der Waals surface area (Å²) in [6, 6.07) is 7.07. The van der Waals surface area contributed by atoms with Crippen molar-refractivity contribution in [2.24, 2.45) is 0 Å². The van der Waals surface area contributed by atoms with Crippen LogP contribution in [0, 0.1) is 0 Å². The Morgan fingerprint density at radius 3 is 2.59 bits per heavy atom. The van der Waals surface area contributed by atoms with Crippen LogP contribution in [0.3, 0.4) is 0 Å². The average Bonchev–Trinajstić information content (AvgIpc) is 2.68. The third kappa shape index (κ3) is 2.61. The topological polar surface area (TPSA) is 25.2 Å². The highest BCUT2D eigenvalue weighted by Crippen LogP contribution is 2.24. The Hall–Kier alpha value is -1.49. The maximum atomic E-state index is 12.2. The minimum atomic E-state index is -4.16. The molecule has 1 aromatic heterocycles. The van der Waals surface area contributed by atoms with Gasteiger partial charge in [0.25, 0.3) is 0 Å². The van der Waals surface area contributed by atoms with E-state index < -0.39 is 12.6 Å². The summed E-state index contributed by atoms with van der Waals surface area (Å²) in [7, 11) is 0. The fraction of sp³-hybridized carbons (Fsp3) is 0.333. The van der Waals surface area contributed by atoms with Crippen LogP contribution in [-0.2, 0) is 13.2 Å². The van der Waals surface area contributed by atoms with Crippen molar-refractivity contribution in [3.63, 3.8) is 0 Å². The molecule has 5 heteroatoms. The molecule has 0 amide bonds. The highest BCUT2D eigenvalue weighted by atomic mass is 19.4. The highest BCUT2D eigenvalue weighted by Gasteiger charge is 2.26. The Balaban J connectivity index is 2.34. The zero-order valence-electron chi connectivity index (χ0n) is 9.04. The van der Waals surface area contributed by atoms with Gasteiger partial charge in [-0.2, -0.15) is 13.2 Å². The van der Waals surface area contributed by atoms with Crippen molar-refractivity contribution in [1.29, 1.82) is 0 Å². The third-order valence-corrected chi connectivity index (χ3v) is 2.68. The van der Waals surface area contributed by atoms with E-state index in [1.807, 2.05) is 6.07 Å². The minimum Gasteiger partial charge on any atom is -0.392 e. The molecule has 0 aliphatic heterocycles. The molecule has 2 aromatic rings. The van der Waals surface area contributed by atoms with E-state index in [1.165, 1.54) is 4.57 Å². The summed E-state index contributed by atoms with van der Waals surface area (Å²) >= 11 is 0. The zero-order valence-corrected chi connectivity index (χ0v) is 9.04. The Morgan fingerprint density at radius 1 is 1.18 bits per heavy atom. The molecule has 17 heavy (non-hydrogen) atoms. The van der Waals surface area contributed by atoms with E-state index >= 15 is 0 Å². The molecule has 0 atom stereocenters. The molecule has 0 unspecified atom stereocenters. The third-order valence-electron chi connectivity index (χ3n) is 2.68. The van der Waals surface area contributed by atoms with Gasteiger partial charge in [0.15, 0.2) is 0 Å². The van der Waals surface area contributed by atoms with E-state index in [-0.39, 0.29) is 13.2 Å². The molecule has 2 nitrogen and oxygen atoms in total. The van der Waals surface area contributed by atoms with Gasteiger partial charge >= 0.3 is 6.18 Å². The zero-order chi connectivity index (χ0) is 12.5. The molecule has 0 spiro atoms. The van der Waals surface area contributed by atoms with Crippen molar-refractivity contribution in [3.8, 4) is 0 Å². The van der Waals surface area contributed by atoms with Gasteiger partial charge in [0.2, 0.25) is 0 Å². The summed E-state index contributed by atoms with van der Waals surface area (Å²) in [5.74, 6) is 0. The van der Waals surface area contributed by atoms with Crippen LogP contribution in [0.15, 0.2) is 30.5 Å². The van der Waals surface area contributed by atoms with Gasteiger partial charge in [-0.25, -0.2) is 0 Å². The number of para-hydroxylation sites is 1. The lowest BCUT2D eigenvalue weighted by Gasteiger charge is -2.10.